The lowest BCUT2D eigenvalue weighted by Gasteiger charge is -2.29. The van der Waals surface area contributed by atoms with Crippen molar-refractivity contribution in [2.24, 2.45) is 5.92 Å². The van der Waals surface area contributed by atoms with Gasteiger partial charge in [-0.15, -0.1) is 0 Å². The summed E-state index contributed by atoms with van der Waals surface area (Å²) in [6, 6.07) is 10.2. The molecule has 0 spiro atoms. The second-order valence-corrected chi connectivity index (χ2v) is 6.86. The van der Waals surface area contributed by atoms with Crippen molar-refractivity contribution in [3.63, 3.8) is 0 Å². The molecule has 142 valence electrons. The maximum atomic E-state index is 12.1. The summed E-state index contributed by atoms with van der Waals surface area (Å²) >= 11 is 0. The Morgan fingerprint density at radius 3 is 2.70 bits per heavy atom. The number of ether oxygens (including phenoxy) is 1. The molecule has 1 aliphatic rings. The van der Waals surface area contributed by atoms with Crippen molar-refractivity contribution in [2.75, 3.05) is 6.61 Å². The van der Waals surface area contributed by atoms with Gasteiger partial charge in [0, 0.05) is 11.4 Å². The van der Waals surface area contributed by atoms with Gasteiger partial charge in [0.05, 0.1) is 5.52 Å². The van der Waals surface area contributed by atoms with Crippen molar-refractivity contribution >= 4 is 28.8 Å². The summed E-state index contributed by atoms with van der Waals surface area (Å²) in [5, 5.41) is 5.92. The molecule has 2 aromatic rings. The van der Waals surface area contributed by atoms with E-state index in [-0.39, 0.29) is 11.7 Å². The Hall–Kier alpha value is -2.96. The number of amides is 3. The lowest BCUT2D eigenvalue weighted by atomic mass is 9.86. The normalized spacial score (nSPS) is 19.3. The number of fused-ring (bicyclic) bond motifs is 1. The number of imide groups is 1. The quantitative estimate of drug-likeness (QED) is 0.808. The van der Waals surface area contributed by atoms with Gasteiger partial charge < -0.3 is 10.1 Å². The molecule has 27 heavy (non-hydrogen) atoms. The molecule has 1 saturated carbocycles. The van der Waals surface area contributed by atoms with Crippen molar-refractivity contribution in [3.05, 3.63) is 42.1 Å². The standard InChI is InChI=1S/C20H23N3O4/c1-13-6-2-4-8-15(13)22-20(26)23-18(24)12-27-19(25)17-11-10-14-7-3-5-9-16(14)21-17/h3,5,7,9-11,13,15H,2,4,6,8,12H2,1H3,(H2,22,23,24,26)/t13-,15+/m0/s1. The SMILES string of the molecule is C[C@H]1CCCC[C@H]1NC(=O)NC(=O)COC(=O)c1ccc2ccccc2n1. The summed E-state index contributed by atoms with van der Waals surface area (Å²) in [7, 11) is 0. The highest BCUT2D eigenvalue weighted by Gasteiger charge is 2.23. The van der Waals surface area contributed by atoms with E-state index >= 15 is 0 Å². The van der Waals surface area contributed by atoms with E-state index in [4.69, 9.17) is 4.74 Å². The Balaban J connectivity index is 1.47. The predicted octanol–water partition coefficient (Wildman–Crippen LogP) is 2.80. The molecule has 0 unspecified atom stereocenters. The second kappa shape index (κ2) is 8.62. The largest absolute Gasteiger partial charge is 0.451 e. The first kappa shape index (κ1) is 18.8. The zero-order valence-electron chi connectivity index (χ0n) is 15.2. The van der Waals surface area contributed by atoms with Crippen molar-refractivity contribution in [1.29, 1.82) is 0 Å². The summed E-state index contributed by atoms with van der Waals surface area (Å²) in [6.07, 6.45) is 4.21. The minimum atomic E-state index is -0.711. The number of para-hydroxylation sites is 1. The molecule has 1 fully saturated rings. The Morgan fingerprint density at radius 2 is 1.89 bits per heavy atom. The average molecular weight is 369 g/mol. The number of carbonyl (C=O) groups excluding carboxylic acids is 3. The fraction of sp³-hybridized carbons (Fsp3) is 0.400. The van der Waals surface area contributed by atoms with E-state index in [1.165, 1.54) is 6.42 Å². The third-order valence-electron chi connectivity index (χ3n) is 4.82. The molecule has 7 heteroatoms. The molecule has 0 saturated heterocycles. The number of pyridine rings is 1. The van der Waals surface area contributed by atoms with E-state index in [1.54, 1.807) is 18.2 Å². The minimum absolute atomic E-state index is 0.0656. The average Bonchev–Trinajstić information content (AvgIpc) is 2.67. The van der Waals surface area contributed by atoms with Crippen LogP contribution in [0.3, 0.4) is 0 Å². The second-order valence-electron chi connectivity index (χ2n) is 6.86. The number of aromatic nitrogens is 1. The molecule has 7 nitrogen and oxygen atoms in total. The molecule has 1 aromatic heterocycles. The van der Waals surface area contributed by atoms with Gasteiger partial charge in [0.1, 0.15) is 5.69 Å². The van der Waals surface area contributed by atoms with Gasteiger partial charge in [-0.1, -0.05) is 44.0 Å². The Bertz CT molecular complexity index is 852. The highest BCUT2D eigenvalue weighted by atomic mass is 16.5. The first-order chi connectivity index (χ1) is 13.0. The number of esters is 1. The molecule has 0 aliphatic heterocycles. The molecule has 2 atom stereocenters. The van der Waals surface area contributed by atoms with Crippen LogP contribution in [-0.2, 0) is 9.53 Å². The Labute approximate surface area is 157 Å². The van der Waals surface area contributed by atoms with Crippen LogP contribution < -0.4 is 10.6 Å². The van der Waals surface area contributed by atoms with Crippen LogP contribution in [0, 0.1) is 5.92 Å². The lowest BCUT2D eigenvalue weighted by molar-refractivity contribution is -0.123. The number of urea groups is 1. The van der Waals surface area contributed by atoms with Crippen LogP contribution in [0.2, 0.25) is 0 Å². The van der Waals surface area contributed by atoms with Gasteiger partial charge in [-0.05, 0) is 30.9 Å². The number of rotatable bonds is 4. The van der Waals surface area contributed by atoms with Gasteiger partial charge in [-0.3, -0.25) is 10.1 Å². The van der Waals surface area contributed by atoms with Crippen molar-refractivity contribution in [1.82, 2.24) is 15.6 Å². The summed E-state index contributed by atoms with van der Waals surface area (Å²) in [4.78, 5) is 40.1. The number of hydrogen-bond donors (Lipinski definition) is 2. The number of nitrogens with zero attached hydrogens (tertiary/aromatic N) is 1. The molecule has 1 aliphatic carbocycles. The fourth-order valence-corrected chi connectivity index (χ4v) is 3.28. The molecule has 1 heterocycles. The van der Waals surface area contributed by atoms with Gasteiger partial charge in [0.2, 0.25) is 0 Å². The van der Waals surface area contributed by atoms with Gasteiger partial charge in [-0.2, -0.15) is 0 Å². The first-order valence-electron chi connectivity index (χ1n) is 9.16. The van der Waals surface area contributed by atoms with Crippen LogP contribution in [0.5, 0.6) is 0 Å². The van der Waals surface area contributed by atoms with Crippen LogP contribution in [0.25, 0.3) is 10.9 Å². The number of benzene rings is 1. The molecular formula is C20H23N3O4. The predicted molar refractivity (Wildman–Crippen MR) is 100 cm³/mol. The topological polar surface area (TPSA) is 97.4 Å². The van der Waals surface area contributed by atoms with E-state index in [1.807, 2.05) is 18.2 Å². The van der Waals surface area contributed by atoms with Gasteiger partial charge in [0.25, 0.3) is 5.91 Å². The van der Waals surface area contributed by atoms with E-state index in [2.05, 4.69) is 22.5 Å². The van der Waals surface area contributed by atoms with E-state index < -0.39 is 24.5 Å². The van der Waals surface area contributed by atoms with Crippen molar-refractivity contribution < 1.29 is 19.1 Å². The number of carbonyl (C=O) groups is 3. The maximum absolute atomic E-state index is 12.1. The number of nitrogens with one attached hydrogen (secondary N) is 2. The first-order valence-corrected chi connectivity index (χ1v) is 9.16. The fourth-order valence-electron chi connectivity index (χ4n) is 3.28. The van der Waals surface area contributed by atoms with Crippen LogP contribution in [0.4, 0.5) is 4.79 Å². The monoisotopic (exact) mass is 369 g/mol. The Morgan fingerprint density at radius 1 is 1.11 bits per heavy atom. The summed E-state index contributed by atoms with van der Waals surface area (Å²) in [5.41, 5.74) is 0.777. The van der Waals surface area contributed by atoms with Crippen LogP contribution in [0.1, 0.15) is 43.1 Å². The van der Waals surface area contributed by atoms with Crippen molar-refractivity contribution in [2.45, 2.75) is 38.6 Å². The number of hydrogen-bond acceptors (Lipinski definition) is 5. The zero-order chi connectivity index (χ0) is 19.2. The molecule has 2 N–H and O–H groups in total. The molecular weight excluding hydrogens is 346 g/mol. The minimum Gasteiger partial charge on any atom is -0.451 e. The molecule has 0 bridgehead atoms. The van der Waals surface area contributed by atoms with E-state index in [9.17, 15) is 14.4 Å². The molecule has 0 radical (unpaired) electrons. The van der Waals surface area contributed by atoms with Gasteiger partial charge >= 0.3 is 12.0 Å². The lowest BCUT2D eigenvalue weighted by Crippen LogP contribution is -2.48. The third kappa shape index (κ3) is 5.03. The molecule has 3 rings (SSSR count). The van der Waals surface area contributed by atoms with Gasteiger partial charge in [-0.25, -0.2) is 14.6 Å². The van der Waals surface area contributed by atoms with E-state index in [0.29, 0.717) is 11.4 Å². The summed E-state index contributed by atoms with van der Waals surface area (Å²) in [5.74, 6) is -1.00. The summed E-state index contributed by atoms with van der Waals surface area (Å²) < 4.78 is 4.96. The zero-order valence-corrected chi connectivity index (χ0v) is 15.2. The highest BCUT2D eigenvalue weighted by Crippen LogP contribution is 2.23. The smallest absolute Gasteiger partial charge is 0.357 e. The van der Waals surface area contributed by atoms with Crippen LogP contribution >= 0.6 is 0 Å². The van der Waals surface area contributed by atoms with E-state index in [0.717, 1.165) is 24.6 Å². The maximum Gasteiger partial charge on any atom is 0.357 e. The summed E-state index contributed by atoms with van der Waals surface area (Å²) in [6.45, 7) is 1.55. The van der Waals surface area contributed by atoms with Crippen LogP contribution in [0.15, 0.2) is 36.4 Å². The van der Waals surface area contributed by atoms with Gasteiger partial charge in [0.15, 0.2) is 6.61 Å². The van der Waals surface area contributed by atoms with Crippen LogP contribution in [-0.4, -0.2) is 35.5 Å². The highest BCUT2D eigenvalue weighted by molar-refractivity contribution is 5.97. The Kier molecular flexibility index (Phi) is 6.01. The third-order valence-corrected chi connectivity index (χ3v) is 4.82. The molecule has 1 aromatic carbocycles. The molecule has 3 amide bonds. The van der Waals surface area contributed by atoms with Crippen molar-refractivity contribution in [3.8, 4) is 0 Å².